The Bertz CT molecular complexity index is 440. The van der Waals surface area contributed by atoms with E-state index in [4.69, 9.17) is 27.9 Å². The highest BCUT2D eigenvalue weighted by atomic mass is 79.9. The first-order valence-electron chi connectivity index (χ1n) is 4.32. The van der Waals surface area contributed by atoms with Gasteiger partial charge in [0, 0.05) is 0 Å². The SMILES string of the molecule is Clc1ccc(C2C=CC=C(Br)O2)cc1Cl. The van der Waals surface area contributed by atoms with Crippen LogP contribution in [-0.4, -0.2) is 0 Å². The van der Waals surface area contributed by atoms with Gasteiger partial charge in [-0.3, -0.25) is 0 Å². The topological polar surface area (TPSA) is 9.23 Å². The standard InChI is InChI=1S/C11H7BrCl2O/c12-11-3-1-2-10(15-11)7-4-5-8(13)9(14)6-7/h1-6,10H. The summed E-state index contributed by atoms with van der Waals surface area (Å²) in [6.45, 7) is 0. The summed E-state index contributed by atoms with van der Waals surface area (Å²) in [6, 6.07) is 5.47. The summed E-state index contributed by atoms with van der Waals surface area (Å²) in [7, 11) is 0. The Morgan fingerprint density at radius 1 is 1.20 bits per heavy atom. The lowest BCUT2D eigenvalue weighted by Gasteiger charge is -2.18. The average molecular weight is 306 g/mol. The maximum atomic E-state index is 5.93. The predicted octanol–water partition coefficient (Wildman–Crippen LogP) is 4.86. The highest BCUT2D eigenvalue weighted by molar-refractivity contribution is 9.11. The molecule has 0 saturated heterocycles. The first-order chi connectivity index (χ1) is 7.16. The molecule has 1 heterocycles. The molecule has 78 valence electrons. The van der Waals surface area contributed by atoms with E-state index in [9.17, 15) is 0 Å². The van der Waals surface area contributed by atoms with Crippen LogP contribution in [0.4, 0.5) is 0 Å². The Morgan fingerprint density at radius 3 is 2.67 bits per heavy atom. The van der Waals surface area contributed by atoms with Crippen LogP contribution in [0.5, 0.6) is 0 Å². The minimum Gasteiger partial charge on any atom is -0.475 e. The lowest BCUT2D eigenvalue weighted by molar-refractivity contribution is 0.178. The second-order valence-corrected chi connectivity index (χ2v) is 4.66. The highest BCUT2D eigenvalue weighted by Gasteiger charge is 2.13. The van der Waals surface area contributed by atoms with Crippen LogP contribution in [0, 0.1) is 0 Å². The third-order valence-electron chi connectivity index (χ3n) is 2.02. The molecular formula is C11H7BrCl2O. The molecule has 2 rings (SSSR count). The molecule has 0 bridgehead atoms. The van der Waals surface area contributed by atoms with E-state index in [-0.39, 0.29) is 6.10 Å². The maximum Gasteiger partial charge on any atom is 0.163 e. The van der Waals surface area contributed by atoms with Crippen LogP contribution in [0.1, 0.15) is 11.7 Å². The number of halogens is 3. The van der Waals surface area contributed by atoms with Crippen LogP contribution in [0.3, 0.4) is 0 Å². The van der Waals surface area contributed by atoms with E-state index in [1.165, 1.54) is 0 Å². The fourth-order valence-electron chi connectivity index (χ4n) is 1.30. The molecule has 1 aliphatic rings. The molecule has 0 saturated carbocycles. The average Bonchev–Trinajstić information content (AvgIpc) is 2.22. The van der Waals surface area contributed by atoms with E-state index < -0.39 is 0 Å². The quantitative estimate of drug-likeness (QED) is 0.720. The van der Waals surface area contributed by atoms with Gasteiger partial charge in [-0.05, 0) is 45.8 Å². The lowest BCUT2D eigenvalue weighted by Crippen LogP contribution is -2.01. The van der Waals surface area contributed by atoms with Gasteiger partial charge in [0.15, 0.2) is 4.67 Å². The molecule has 1 aliphatic heterocycles. The Hall–Kier alpha value is -0.440. The molecule has 0 fully saturated rings. The summed E-state index contributed by atoms with van der Waals surface area (Å²) < 4.78 is 6.27. The smallest absolute Gasteiger partial charge is 0.163 e. The second kappa shape index (κ2) is 4.60. The summed E-state index contributed by atoms with van der Waals surface area (Å²) in [5, 5.41) is 1.09. The minimum absolute atomic E-state index is 0.112. The van der Waals surface area contributed by atoms with Crippen molar-refractivity contribution in [1.82, 2.24) is 0 Å². The Morgan fingerprint density at radius 2 is 2.00 bits per heavy atom. The molecule has 0 aromatic heterocycles. The molecule has 0 spiro atoms. The molecular weight excluding hydrogens is 299 g/mol. The van der Waals surface area contributed by atoms with Crippen LogP contribution in [0.15, 0.2) is 41.1 Å². The number of ether oxygens (including phenoxy) is 1. The van der Waals surface area contributed by atoms with Crippen molar-refractivity contribution in [3.8, 4) is 0 Å². The summed E-state index contributed by atoms with van der Waals surface area (Å²) in [4.78, 5) is 0. The monoisotopic (exact) mass is 304 g/mol. The van der Waals surface area contributed by atoms with Gasteiger partial charge < -0.3 is 4.74 Å². The zero-order valence-electron chi connectivity index (χ0n) is 7.58. The van der Waals surface area contributed by atoms with Gasteiger partial charge in [-0.15, -0.1) is 0 Å². The Labute approximate surface area is 106 Å². The van der Waals surface area contributed by atoms with Crippen LogP contribution in [0.25, 0.3) is 0 Å². The molecule has 0 amide bonds. The molecule has 0 radical (unpaired) electrons. The van der Waals surface area contributed by atoms with Crippen LogP contribution < -0.4 is 0 Å². The van der Waals surface area contributed by atoms with Gasteiger partial charge in [0.05, 0.1) is 10.0 Å². The van der Waals surface area contributed by atoms with E-state index in [1.54, 1.807) is 6.07 Å². The minimum atomic E-state index is -0.112. The summed E-state index contributed by atoms with van der Waals surface area (Å²) >= 11 is 15.1. The van der Waals surface area contributed by atoms with Gasteiger partial charge in [-0.25, -0.2) is 0 Å². The summed E-state index contributed by atoms with van der Waals surface area (Å²) in [5.74, 6) is 0. The summed E-state index contributed by atoms with van der Waals surface area (Å²) in [6.07, 6.45) is 5.61. The van der Waals surface area contributed by atoms with Gasteiger partial charge in [0.25, 0.3) is 0 Å². The van der Waals surface area contributed by atoms with Crippen molar-refractivity contribution in [2.75, 3.05) is 0 Å². The number of benzene rings is 1. The predicted molar refractivity (Wildman–Crippen MR) is 66.4 cm³/mol. The molecule has 1 aromatic rings. The van der Waals surface area contributed by atoms with Crippen molar-refractivity contribution in [2.45, 2.75) is 6.10 Å². The molecule has 1 nitrogen and oxygen atoms in total. The fraction of sp³-hybridized carbons (Fsp3) is 0.0909. The second-order valence-electron chi connectivity index (χ2n) is 3.07. The fourth-order valence-corrected chi connectivity index (χ4v) is 1.96. The number of hydrogen-bond acceptors (Lipinski definition) is 1. The van der Waals surface area contributed by atoms with E-state index in [1.807, 2.05) is 30.4 Å². The molecule has 0 aliphatic carbocycles. The Balaban J connectivity index is 2.27. The van der Waals surface area contributed by atoms with Crippen molar-refractivity contribution in [3.63, 3.8) is 0 Å². The van der Waals surface area contributed by atoms with Crippen molar-refractivity contribution >= 4 is 39.1 Å². The molecule has 1 aromatic carbocycles. The van der Waals surface area contributed by atoms with Crippen molar-refractivity contribution in [1.29, 1.82) is 0 Å². The van der Waals surface area contributed by atoms with Crippen LogP contribution in [0.2, 0.25) is 10.0 Å². The molecule has 4 heteroatoms. The van der Waals surface area contributed by atoms with E-state index in [0.717, 1.165) is 5.56 Å². The van der Waals surface area contributed by atoms with Gasteiger partial charge in [0.1, 0.15) is 6.10 Å². The molecule has 1 atom stereocenters. The van der Waals surface area contributed by atoms with Crippen molar-refractivity contribution in [2.24, 2.45) is 0 Å². The van der Waals surface area contributed by atoms with Gasteiger partial charge in [-0.1, -0.05) is 35.3 Å². The van der Waals surface area contributed by atoms with Crippen molar-refractivity contribution < 1.29 is 4.74 Å². The zero-order valence-corrected chi connectivity index (χ0v) is 10.7. The summed E-state index contributed by atoms with van der Waals surface area (Å²) in [5.41, 5.74) is 0.978. The van der Waals surface area contributed by atoms with Crippen LogP contribution >= 0.6 is 39.1 Å². The third-order valence-corrected chi connectivity index (χ3v) is 3.22. The number of allylic oxidation sites excluding steroid dienone is 2. The number of rotatable bonds is 1. The molecule has 1 unspecified atom stereocenters. The highest BCUT2D eigenvalue weighted by Crippen LogP contribution is 2.31. The van der Waals surface area contributed by atoms with Gasteiger partial charge >= 0.3 is 0 Å². The number of hydrogen-bond donors (Lipinski definition) is 0. The molecule has 15 heavy (non-hydrogen) atoms. The van der Waals surface area contributed by atoms with Crippen LogP contribution in [-0.2, 0) is 4.74 Å². The normalized spacial score (nSPS) is 19.7. The van der Waals surface area contributed by atoms with Crippen molar-refractivity contribution in [3.05, 3.63) is 56.7 Å². The third kappa shape index (κ3) is 2.57. The van der Waals surface area contributed by atoms with Gasteiger partial charge in [-0.2, -0.15) is 0 Å². The van der Waals surface area contributed by atoms with E-state index >= 15 is 0 Å². The maximum absolute atomic E-state index is 5.93. The first kappa shape index (κ1) is 11.1. The Kier molecular flexibility index (Phi) is 3.39. The largest absolute Gasteiger partial charge is 0.475 e. The zero-order chi connectivity index (χ0) is 10.8. The van der Waals surface area contributed by atoms with E-state index in [2.05, 4.69) is 15.9 Å². The first-order valence-corrected chi connectivity index (χ1v) is 5.87. The lowest BCUT2D eigenvalue weighted by atomic mass is 10.1. The van der Waals surface area contributed by atoms with Gasteiger partial charge in [0.2, 0.25) is 0 Å². The molecule has 0 N–H and O–H groups in total. The van der Waals surface area contributed by atoms with E-state index in [0.29, 0.717) is 14.7 Å².